The number of rotatable bonds is 2. The van der Waals surface area contributed by atoms with Crippen molar-refractivity contribution in [2.45, 2.75) is 0 Å². The summed E-state index contributed by atoms with van der Waals surface area (Å²) in [4.78, 5) is 0. The number of phenols is 2. The maximum atomic E-state index is 9.28. The van der Waals surface area contributed by atoms with Gasteiger partial charge in [0, 0.05) is 0 Å². The second-order valence-electron chi connectivity index (χ2n) is 3.52. The summed E-state index contributed by atoms with van der Waals surface area (Å²) in [5, 5.41) is 18.6. The Morgan fingerprint density at radius 2 is 1.12 bits per heavy atom. The summed E-state index contributed by atoms with van der Waals surface area (Å²) in [7, 11) is 0. The van der Waals surface area contributed by atoms with Crippen molar-refractivity contribution in [3.8, 4) is 11.5 Å². The Labute approximate surface area is 94.1 Å². The van der Waals surface area contributed by atoms with Gasteiger partial charge in [-0.1, -0.05) is 36.4 Å². The van der Waals surface area contributed by atoms with E-state index in [9.17, 15) is 10.2 Å². The number of aromatic hydroxyl groups is 2. The van der Waals surface area contributed by atoms with Crippen LogP contribution in [0, 0.1) is 0 Å². The third kappa shape index (κ3) is 2.64. The fraction of sp³-hybridized carbons (Fsp3) is 0. The van der Waals surface area contributed by atoms with Crippen molar-refractivity contribution >= 4 is 12.2 Å². The van der Waals surface area contributed by atoms with Crippen molar-refractivity contribution in [1.82, 2.24) is 0 Å². The zero-order chi connectivity index (χ0) is 11.4. The summed E-state index contributed by atoms with van der Waals surface area (Å²) < 4.78 is 0. The van der Waals surface area contributed by atoms with Crippen LogP contribution in [-0.4, -0.2) is 10.2 Å². The lowest BCUT2D eigenvalue weighted by Gasteiger charge is -1.96. The zero-order valence-electron chi connectivity index (χ0n) is 8.67. The van der Waals surface area contributed by atoms with Crippen LogP contribution in [0.15, 0.2) is 48.5 Å². The van der Waals surface area contributed by atoms with Gasteiger partial charge in [0.1, 0.15) is 11.5 Å². The molecule has 0 saturated heterocycles. The molecule has 0 aliphatic heterocycles. The third-order valence-corrected chi connectivity index (χ3v) is 2.21. The quantitative estimate of drug-likeness (QED) is 0.750. The van der Waals surface area contributed by atoms with Crippen LogP contribution in [0.4, 0.5) is 0 Å². The Morgan fingerprint density at radius 3 is 1.50 bits per heavy atom. The van der Waals surface area contributed by atoms with Crippen LogP contribution < -0.4 is 0 Å². The summed E-state index contributed by atoms with van der Waals surface area (Å²) in [6.07, 6.45) is 3.77. The van der Waals surface area contributed by atoms with Crippen LogP contribution in [0.5, 0.6) is 11.5 Å². The molecule has 0 saturated carbocycles. The van der Waals surface area contributed by atoms with Crippen LogP contribution in [-0.2, 0) is 0 Å². The predicted molar refractivity (Wildman–Crippen MR) is 65.1 cm³/mol. The minimum absolute atomic E-state index is 0.248. The first-order valence-corrected chi connectivity index (χ1v) is 5.00. The van der Waals surface area contributed by atoms with E-state index in [0.717, 1.165) is 11.1 Å². The molecule has 0 atom stereocenters. The van der Waals surface area contributed by atoms with Gasteiger partial charge in [0.05, 0.1) is 0 Å². The van der Waals surface area contributed by atoms with Crippen LogP contribution in [0.3, 0.4) is 0 Å². The van der Waals surface area contributed by atoms with Crippen molar-refractivity contribution in [2.24, 2.45) is 0 Å². The highest BCUT2D eigenvalue weighted by molar-refractivity contribution is 5.70. The molecule has 2 aromatic rings. The number of hydrogen-bond acceptors (Lipinski definition) is 2. The maximum Gasteiger partial charge on any atom is 0.116 e. The fourth-order valence-corrected chi connectivity index (χ4v) is 1.45. The maximum absolute atomic E-state index is 9.28. The first-order valence-electron chi connectivity index (χ1n) is 5.00. The minimum Gasteiger partial charge on any atom is -0.508 e. The van der Waals surface area contributed by atoms with E-state index in [-0.39, 0.29) is 11.5 Å². The highest BCUT2D eigenvalue weighted by Crippen LogP contribution is 2.16. The molecule has 2 heteroatoms. The van der Waals surface area contributed by atoms with E-state index < -0.39 is 0 Å². The van der Waals surface area contributed by atoms with Gasteiger partial charge in [0.15, 0.2) is 0 Å². The van der Waals surface area contributed by atoms with Crippen LogP contribution >= 0.6 is 0 Å². The molecule has 0 amide bonds. The van der Waals surface area contributed by atoms with E-state index in [2.05, 4.69) is 0 Å². The average molecular weight is 212 g/mol. The van der Waals surface area contributed by atoms with Gasteiger partial charge >= 0.3 is 0 Å². The molecule has 2 N–H and O–H groups in total. The lowest BCUT2D eigenvalue weighted by molar-refractivity contribution is 0.474. The van der Waals surface area contributed by atoms with Gasteiger partial charge in [-0.05, 0) is 35.4 Å². The standard InChI is InChI=1S/C14H12O2/c15-13-5-1-3-11(9-13)7-8-12-4-2-6-14(16)10-12/h1-10,15-16H/b8-7-. The van der Waals surface area contributed by atoms with E-state index in [1.165, 1.54) is 0 Å². The molecule has 0 radical (unpaired) electrons. The van der Waals surface area contributed by atoms with Crippen LogP contribution in [0.2, 0.25) is 0 Å². The van der Waals surface area contributed by atoms with Crippen LogP contribution in [0.25, 0.3) is 12.2 Å². The fourth-order valence-electron chi connectivity index (χ4n) is 1.45. The zero-order valence-corrected chi connectivity index (χ0v) is 8.67. The van der Waals surface area contributed by atoms with E-state index in [1.54, 1.807) is 36.4 Å². The molecule has 0 aliphatic carbocycles. The lowest BCUT2D eigenvalue weighted by Crippen LogP contribution is -1.73. The van der Waals surface area contributed by atoms with Gasteiger partial charge in [0.25, 0.3) is 0 Å². The van der Waals surface area contributed by atoms with Gasteiger partial charge < -0.3 is 10.2 Å². The van der Waals surface area contributed by atoms with Gasteiger partial charge in [-0.15, -0.1) is 0 Å². The molecule has 2 nitrogen and oxygen atoms in total. The summed E-state index contributed by atoms with van der Waals surface area (Å²) in [5.74, 6) is 0.496. The summed E-state index contributed by atoms with van der Waals surface area (Å²) in [6.45, 7) is 0. The number of benzene rings is 2. The minimum atomic E-state index is 0.248. The molecule has 0 heterocycles. The molecule has 16 heavy (non-hydrogen) atoms. The molecule has 0 spiro atoms. The predicted octanol–water partition coefficient (Wildman–Crippen LogP) is 3.27. The molecular formula is C14H12O2. The van der Waals surface area contributed by atoms with E-state index >= 15 is 0 Å². The SMILES string of the molecule is Oc1cccc(/C=C\c2cccc(O)c2)c1. The monoisotopic (exact) mass is 212 g/mol. The molecule has 0 aliphatic rings. The smallest absolute Gasteiger partial charge is 0.116 e. The summed E-state index contributed by atoms with van der Waals surface area (Å²) in [5.41, 5.74) is 1.84. The largest absolute Gasteiger partial charge is 0.508 e. The normalized spacial score (nSPS) is 10.8. The summed E-state index contributed by atoms with van der Waals surface area (Å²) >= 11 is 0. The molecular weight excluding hydrogens is 200 g/mol. The highest BCUT2D eigenvalue weighted by Gasteiger charge is 1.91. The molecule has 2 aromatic carbocycles. The van der Waals surface area contributed by atoms with Gasteiger partial charge in [-0.2, -0.15) is 0 Å². The van der Waals surface area contributed by atoms with Gasteiger partial charge in [-0.25, -0.2) is 0 Å². The average Bonchev–Trinajstić information content (AvgIpc) is 2.27. The van der Waals surface area contributed by atoms with Crippen molar-refractivity contribution < 1.29 is 10.2 Å². The Bertz CT molecular complexity index is 468. The Kier molecular flexibility index (Phi) is 2.92. The van der Waals surface area contributed by atoms with Gasteiger partial charge in [-0.3, -0.25) is 0 Å². The Morgan fingerprint density at radius 1 is 0.688 bits per heavy atom. The Hall–Kier alpha value is -2.22. The summed E-state index contributed by atoms with van der Waals surface area (Å²) in [6, 6.07) is 14.0. The van der Waals surface area contributed by atoms with Crippen molar-refractivity contribution in [2.75, 3.05) is 0 Å². The van der Waals surface area contributed by atoms with Crippen LogP contribution in [0.1, 0.15) is 11.1 Å². The van der Waals surface area contributed by atoms with Crippen molar-refractivity contribution in [3.05, 3.63) is 59.7 Å². The number of hydrogen-bond donors (Lipinski definition) is 2. The van der Waals surface area contributed by atoms with Crippen molar-refractivity contribution in [3.63, 3.8) is 0 Å². The topological polar surface area (TPSA) is 40.5 Å². The number of phenolic OH excluding ortho intramolecular Hbond substituents is 2. The molecule has 0 aromatic heterocycles. The second kappa shape index (κ2) is 4.53. The van der Waals surface area contributed by atoms with E-state index in [0.29, 0.717) is 0 Å². The van der Waals surface area contributed by atoms with Gasteiger partial charge in [0.2, 0.25) is 0 Å². The second-order valence-corrected chi connectivity index (χ2v) is 3.52. The molecule has 0 bridgehead atoms. The lowest BCUT2D eigenvalue weighted by atomic mass is 10.1. The Balaban J connectivity index is 2.21. The highest BCUT2D eigenvalue weighted by atomic mass is 16.3. The van der Waals surface area contributed by atoms with Crippen molar-refractivity contribution in [1.29, 1.82) is 0 Å². The third-order valence-electron chi connectivity index (χ3n) is 2.21. The molecule has 0 unspecified atom stereocenters. The molecule has 80 valence electrons. The first-order chi connectivity index (χ1) is 7.74. The van der Waals surface area contributed by atoms with E-state index in [4.69, 9.17) is 0 Å². The van der Waals surface area contributed by atoms with E-state index in [1.807, 2.05) is 24.3 Å². The first kappa shape index (κ1) is 10.3. The molecule has 2 rings (SSSR count). The molecule has 0 fully saturated rings.